The van der Waals surface area contributed by atoms with Crippen molar-refractivity contribution in [3.05, 3.63) is 158 Å². The van der Waals surface area contributed by atoms with E-state index in [9.17, 15) is 20.6 Å². The predicted molar refractivity (Wildman–Crippen MR) is 261 cm³/mol. The van der Waals surface area contributed by atoms with Crippen LogP contribution in [0.15, 0.2) is 142 Å². The molecule has 1 aromatic heterocycles. The maximum Gasteiger partial charge on any atom is 0.276 e. The molecule has 0 saturated carbocycles. The molecule has 13 nitrogen and oxygen atoms in total. The standard InChI is InChI=1S/C42H40N4O8S4.C6H15N/c1-30-14-20-38-36(28-30)43(24-8-26-55-53-51-49)40(57-38)22-17-31-15-16-32(42(31)45(33-10-4-2-5-11-33)34-12-6-3-7-13-34)18-23-41-44(25-9-27-56-54-52-50)37-29-35(46(47)48)19-21-39(37)58-41;1-4-7(5-2)6-3/h2-7,10-14,17-23,28-29H,8-9,15-16,24-27H2,1H3,(H-,49,50);4-6H2,1-3H3. The van der Waals surface area contributed by atoms with E-state index in [1.165, 1.54) is 41.7 Å². The lowest BCUT2D eigenvalue weighted by atomic mass is 10.1. The number of hydrogen-bond donors (Lipinski definition) is 1. The molecule has 2 aliphatic rings. The lowest BCUT2D eigenvalue weighted by Gasteiger charge is -2.28. The van der Waals surface area contributed by atoms with Crippen LogP contribution >= 0.6 is 47.2 Å². The maximum absolute atomic E-state index is 11.7. The average Bonchev–Trinajstić information content (AvgIpc) is 4.01. The molecule has 7 rings (SSSR count). The van der Waals surface area contributed by atoms with Crippen molar-refractivity contribution in [3.8, 4) is 0 Å². The van der Waals surface area contributed by atoms with Gasteiger partial charge in [-0.25, -0.2) is 0 Å². The number of benzene rings is 4. The number of thiazole rings is 1. The minimum atomic E-state index is -0.379. The molecule has 17 heteroatoms. The Kier molecular flexibility index (Phi) is 20.0. The van der Waals surface area contributed by atoms with Crippen molar-refractivity contribution in [2.24, 2.45) is 0 Å². The van der Waals surface area contributed by atoms with Gasteiger partial charge in [0.2, 0.25) is 5.52 Å². The molecule has 0 bridgehead atoms. The Morgan fingerprint density at radius 1 is 0.831 bits per heavy atom. The van der Waals surface area contributed by atoms with Crippen LogP contribution in [0.5, 0.6) is 0 Å². The number of allylic oxidation sites excluding steroid dienone is 5. The Balaban J connectivity index is 0.000000925. The van der Waals surface area contributed by atoms with Crippen LogP contribution in [0.3, 0.4) is 0 Å². The summed E-state index contributed by atoms with van der Waals surface area (Å²) in [5.74, 6) is 1.10. The molecular formula is C48H55N5O8S4. The smallest absolute Gasteiger partial charge is 0.276 e. The van der Waals surface area contributed by atoms with Crippen LogP contribution in [0.25, 0.3) is 16.3 Å². The predicted octanol–water partition coefficient (Wildman–Crippen LogP) is 9.14. The van der Waals surface area contributed by atoms with E-state index >= 15 is 0 Å². The zero-order chi connectivity index (χ0) is 46.0. The summed E-state index contributed by atoms with van der Waals surface area (Å²) in [7, 11) is 0. The third kappa shape index (κ3) is 13.5. The SMILES string of the molecule is CC[NH+](CC)CC.Cc1ccc2c(c1)N(CCCSOO[O-])/C(=C/C=C1CCC(/C=C/c3sc4ccc([N+](=O)[O-])cc4[n+]3CCCSOO[O-])=C1N(c1ccccc1)c1ccccc1)S2. The number of aryl methyl sites for hydroxylation is 2. The minimum absolute atomic E-state index is 0.0251. The summed E-state index contributed by atoms with van der Waals surface area (Å²) in [6.07, 6.45) is 11.8. The fraction of sp³-hybridized carbons (Fsp3) is 0.312. The average molecular weight is 958 g/mol. The van der Waals surface area contributed by atoms with Gasteiger partial charge in [-0.05, 0) is 118 Å². The van der Waals surface area contributed by atoms with Crippen LogP contribution in [0.4, 0.5) is 22.7 Å². The topological polar surface area (TPSA) is 141 Å². The highest BCUT2D eigenvalue weighted by atomic mass is 32.2. The molecule has 2 heterocycles. The number of nitrogens with zero attached hydrogens (tertiary/aromatic N) is 4. The molecular weight excluding hydrogens is 903 g/mol. The summed E-state index contributed by atoms with van der Waals surface area (Å²) in [6.45, 7) is 13.9. The molecule has 0 unspecified atom stereocenters. The van der Waals surface area contributed by atoms with Gasteiger partial charge in [-0.1, -0.05) is 71.6 Å². The molecule has 1 aliphatic carbocycles. The number of fused-ring (bicyclic) bond motifs is 2. The van der Waals surface area contributed by atoms with Gasteiger partial charge < -0.3 is 25.2 Å². The fourth-order valence-corrected chi connectivity index (χ4v) is 10.6. The van der Waals surface area contributed by atoms with Crippen molar-refractivity contribution in [1.29, 1.82) is 0 Å². The normalized spacial score (nSPS) is 14.9. The zero-order valence-corrected chi connectivity index (χ0v) is 40.3. The molecule has 65 heavy (non-hydrogen) atoms. The summed E-state index contributed by atoms with van der Waals surface area (Å²) >= 11 is 5.24. The number of nitro benzene ring substituents is 1. The van der Waals surface area contributed by atoms with Gasteiger partial charge in [0.25, 0.3) is 10.7 Å². The molecule has 0 atom stereocenters. The third-order valence-electron chi connectivity index (χ3n) is 11.1. The van der Waals surface area contributed by atoms with Gasteiger partial charge in [0, 0.05) is 77.0 Å². The van der Waals surface area contributed by atoms with E-state index in [2.05, 4.69) is 128 Å². The second kappa shape index (κ2) is 26.0. The second-order valence-corrected chi connectivity index (χ2v) is 18.8. The first-order valence-electron chi connectivity index (χ1n) is 21.7. The lowest BCUT2D eigenvalue weighted by molar-refractivity contribution is -0.894. The van der Waals surface area contributed by atoms with Crippen LogP contribution in [0.2, 0.25) is 0 Å². The quantitative estimate of drug-likeness (QED) is 0.0176. The van der Waals surface area contributed by atoms with Crippen molar-refractivity contribution in [3.63, 3.8) is 0 Å². The van der Waals surface area contributed by atoms with Gasteiger partial charge in [-0.2, -0.15) is 13.2 Å². The number of nitro groups is 1. The number of thioether (sulfide) groups is 1. The highest BCUT2D eigenvalue weighted by Crippen LogP contribution is 2.47. The number of anilines is 3. The maximum atomic E-state index is 11.7. The van der Waals surface area contributed by atoms with Gasteiger partial charge in [-0.3, -0.25) is 20.2 Å². The summed E-state index contributed by atoms with van der Waals surface area (Å²) in [4.78, 5) is 18.9. The number of rotatable bonds is 22. The van der Waals surface area contributed by atoms with E-state index < -0.39 is 0 Å². The molecule has 0 fully saturated rings. The number of quaternary nitrogens is 1. The number of nitrogens with one attached hydrogen (secondary N) is 1. The number of hydrogen-bond acceptors (Lipinski definition) is 14. The van der Waals surface area contributed by atoms with E-state index in [1.54, 1.807) is 40.1 Å². The van der Waals surface area contributed by atoms with Gasteiger partial charge in [0.15, 0.2) is 6.54 Å². The van der Waals surface area contributed by atoms with Gasteiger partial charge >= 0.3 is 0 Å². The van der Waals surface area contributed by atoms with Crippen molar-refractivity contribution in [2.45, 2.75) is 64.8 Å². The fourth-order valence-electron chi connectivity index (χ4n) is 7.77. The largest absolute Gasteiger partial charge is 0.691 e. The first-order chi connectivity index (χ1) is 31.8. The lowest BCUT2D eigenvalue weighted by Crippen LogP contribution is -3.11. The van der Waals surface area contributed by atoms with Gasteiger partial charge in [0.1, 0.15) is 4.70 Å². The summed E-state index contributed by atoms with van der Waals surface area (Å²) in [5, 5.41) is 41.5. The molecule has 1 N–H and O–H groups in total. The van der Waals surface area contributed by atoms with Crippen LogP contribution in [0.1, 0.15) is 57.0 Å². The Bertz CT molecular complexity index is 2400. The number of non-ortho nitro benzene ring substituents is 1. The minimum Gasteiger partial charge on any atom is -0.691 e. The Labute approximate surface area is 397 Å². The Hall–Kier alpha value is -4.50. The third-order valence-corrected chi connectivity index (χ3v) is 14.5. The molecule has 0 spiro atoms. The number of aromatic nitrogens is 1. The van der Waals surface area contributed by atoms with Crippen molar-refractivity contribution in [1.82, 2.24) is 0 Å². The molecule has 344 valence electrons. The van der Waals surface area contributed by atoms with E-state index in [-0.39, 0.29) is 10.6 Å². The summed E-state index contributed by atoms with van der Waals surface area (Å²) in [6, 6.07) is 32.2. The summed E-state index contributed by atoms with van der Waals surface area (Å²) in [5.41, 5.74) is 8.62. The highest BCUT2D eigenvalue weighted by Gasteiger charge is 2.29. The molecule has 0 saturated heterocycles. The van der Waals surface area contributed by atoms with Crippen LogP contribution in [0, 0.1) is 17.0 Å². The zero-order valence-electron chi connectivity index (χ0n) is 37.0. The van der Waals surface area contributed by atoms with E-state index in [0.717, 1.165) is 98.5 Å². The first kappa shape index (κ1) is 49.9. The molecule has 5 aromatic rings. The van der Waals surface area contributed by atoms with E-state index in [4.69, 9.17) is 0 Å². The highest BCUT2D eigenvalue weighted by molar-refractivity contribution is 8.03. The van der Waals surface area contributed by atoms with Crippen molar-refractivity contribution < 1.29 is 43.6 Å². The van der Waals surface area contributed by atoms with Gasteiger partial charge in [-0.15, -0.1) is 0 Å². The Morgan fingerprint density at radius 3 is 2.11 bits per heavy atom. The molecule has 0 radical (unpaired) electrons. The van der Waals surface area contributed by atoms with Gasteiger partial charge in [0.05, 0.1) is 47.0 Å². The molecule has 1 aliphatic heterocycles. The Morgan fingerprint density at radius 2 is 1.49 bits per heavy atom. The monoisotopic (exact) mass is 957 g/mol. The summed E-state index contributed by atoms with van der Waals surface area (Å²) < 4.78 is 12.0. The molecule has 4 aromatic carbocycles. The number of para-hydroxylation sites is 2. The van der Waals surface area contributed by atoms with Crippen molar-refractivity contribution in [2.75, 3.05) is 47.5 Å². The van der Waals surface area contributed by atoms with E-state index in [0.29, 0.717) is 24.5 Å². The first-order valence-corrected chi connectivity index (χ1v) is 25.1. The van der Waals surface area contributed by atoms with Crippen molar-refractivity contribution >= 4 is 86.2 Å². The van der Waals surface area contributed by atoms with E-state index in [1.807, 2.05) is 36.4 Å². The van der Waals surface area contributed by atoms with Crippen LogP contribution in [-0.2, 0) is 25.3 Å². The van der Waals surface area contributed by atoms with Crippen LogP contribution in [-0.4, -0.2) is 42.6 Å². The molecule has 0 amide bonds. The van der Waals surface area contributed by atoms with Crippen LogP contribution < -0.4 is 29.8 Å². The second-order valence-electron chi connectivity index (χ2n) is 15.1.